The van der Waals surface area contributed by atoms with Crippen LogP contribution < -0.4 is 5.73 Å². The third-order valence-corrected chi connectivity index (χ3v) is 3.76. The molecule has 18 heavy (non-hydrogen) atoms. The van der Waals surface area contributed by atoms with Crippen molar-refractivity contribution in [2.45, 2.75) is 17.7 Å². The normalized spacial score (nSPS) is 10.4. The number of phenols is 1. The molecule has 0 saturated carbocycles. The van der Waals surface area contributed by atoms with Crippen molar-refractivity contribution in [1.29, 1.82) is 0 Å². The zero-order valence-corrected chi connectivity index (χ0v) is 11.0. The second kappa shape index (κ2) is 6.36. The van der Waals surface area contributed by atoms with Gasteiger partial charge in [-0.2, -0.15) is 0 Å². The van der Waals surface area contributed by atoms with Crippen LogP contribution in [-0.2, 0) is 6.42 Å². The van der Waals surface area contributed by atoms with E-state index in [9.17, 15) is 5.11 Å². The topological polar surface area (TPSA) is 46.2 Å². The molecule has 0 aromatic heterocycles. The minimum absolute atomic E-state index is 0.332. The summed E-state index contributed by atoms with van der Waals surface area (Å²) in [6.45, 7) is 0. The summed E-state index contributed by atoms with van der Waals surface area (Å²) in [5, 5.41) is 9.35. The molecular weight excluding hydrogens is 242 g/mol. The van der Waals surface area contributed by atoms with Crippen LogP contribution in [0, 0.1) is 0 Å². The van der Waals surface area contributed by atoms with Crippen LogP contribution in [0.5, 0.6) is 5.75 Å². The summed E-state index contributed by atoms with van der Waals surface area (Å²) in [7, 11) is 0. The van der Waals surface area contributed by atoms with Gasteiger partial charge in [-0.3, -0.25) is 0 Å². The number of anilines is 1. The van der Waals surface area contributed by atoms with Crippen molar-refractivity contribution in [3.63, 3.8) is 0 Å². The largest absolute Gasteiger partial charge is 0.508 e. The molecule has 0 bridgehead atoms. The lowest BCUT2D eigenvalue weighted by atomic mass is 10.1. The molecule has 0 amide bonds. The molecule has 0 heterocycles. The average molecular weight is 259 g/mol. The Balaban J connectivity index is 1.74. The monoisotopic (exact) mass is 259 g/mol. The van der Waals surface area contributed by atoms with Crippen LogP contribution in [0.3, 0.4) is 0 Å². The third-order valence-electron chi connectivity index (χ3n) is 2.68. The molecule has 0 radical (unpaired) electrons. The van der Waals surface area contributed by atoms with Crippen molar-refractivity contribution in [3.05, 3.63) is 54.1 Å². The zero-order valence-electron chi connectivity index (χ0n) is 10.2. The van der Waals surface area contributed by atoms with Crippen LogP contribution in [0.4, 0.5) is 5.69 Å². The van der Waals surface area contributed by atoms with E-state index in [1.165, 1.54) is 5.56 Å². The summed E-state index contributed by atoms with van der Waals surface area (Å²) in [5.74, 6) is 1.38. The summed E-state index contributed by atoms with van der Waals surface area (Å²) in [6.07, 6.45) is 2.18. The molecule has 0 atom stereocenters. The number of rotatable bonds is 5. The van der Waals surface area contributed by atoms with E-state index in [-0.39, 0.29) is 0 Å². The SMILES string of the molecule is Nc1ccc(CCCSc2cccc(O)c2)cc1. The molecule has 94 valence electrons. The van der Waals surface area contributed by atoms with Gasteiger partial charge in [0.25, 0.3) is 0 Å². The highest BCUT2D eigenvalue weighted by Gasteiger charge is 1.97. The molecule has 0 spiro atoms. The summed E-state index contributed by atoms with van der Waals surface area (Å²) >= 11 is 1.77. The van der Waals surface area contributed by atoms with Crippen LogP contribution in [0.15, 0.2) is 53.4 Å². The molecule has 2 aromatic carbocycles. The van der Waals surface area contributed by atoms with E-state index in [2.05, 4.69) is 12.1 Å². The van der Waals surface area contributed by atoms with Crippen molar-refractivity contribution in [3.8, 4) is 5.75 Å². The van der Waals surface area contributed by atoms with E-state index >= 15 is 0 Å². The highest BCUT2D eigenvalue weighted by atomic mass is 32.2. The Kier molecular flexibility index (Phi) is 4.53. The fourth-order valence-corrected chi connectivity index (χ4v) is 2.63. The second-order valence-corrected chi connectivity index (χ2v) is 5.36. The predicted molar refractivity (Wildman–Crippen MR) is 78.0 cm³/mol. The van der Waals surface area contributed by atoms with Crippen molar-refractivity contribution < 1.29 is 5.11 Å². The fourth-order valence-electron chi connectivity index (χ4n) is 1.72. The lowest BCUT2D eigenvalue weighted by molar-refractivity contribution is 0.474. The Hall–Kier alpha value is -1.61. The van der Waals surface area contributed by atoms with Gasteiger partial charge < -0.3 is 10.8 Å². The Labute approximate surface area is 112 Å². The number of nitrogen functional groups attached to an aromatic ring is 1. The Bertz CT molecular complexity index is 496. The van der Waals surface area contributed by atoms with Gasteiger partial charge in [-0.15, -0.1) is 11.8 Å². The van der Waals surface area contributed by atoms with E-state index < -0.39 is 0 Å². The minimum atomic E-state index is 0.332. The predicted octanol–water partition coefficient (Wildman–Crippen LogP) is 3.70. The molecule has 2 aromatic rings. The molecule has 0 aliphatic heterocycles. The van der Waals surface area contributed by atoms with Gasteiger partial charge in [0.1, 0.15) is 5.75 Å². The second-order valence-electron chi connectivity index (χ2n) is 4.19. The Morgan fingerprint density at radius 1 is 1.06 bits per heavy atom. The number of hydrogen-bond acceptors (Lipinski definition) is 3. The molecule has 2 nitrogen and oxygen atoms in total. The minimum Gasteiger partial charge on any atom is -0.508 e. The first-order valence-corrected chi connectivity index (χ1v) is 6.99. The first-order valence-electron chi connectivity index (χ1n) is 6.00. The number of phenolic OH excluding ortho intramolecular Hbond substituents is 1. The number of aryl methyl sites for hydroxylation is 1. The van der Waals surface area contributed by atoms with Gasteiger partial charge in [0.2, 0.25) is 0 Å². The Morgan fingerprint density at radius 2 is 1.83 bits per heavy atom. The van der Waals surface area contributed by atoms with Gasteiger partial charge in [-0.05, 0) is 54.5 Å². The average Bonchev–Trinajstić information content (AvgIpc) is 2.37. The standard InChI is InChI=1S/C15H17NOS/c16-13-8-6-12(7-9-13)3-2-10-18-15-5-1-4-14(17)11-15/h1,4-9,11,17H,2-3,10,16H2. The third kappa shape index (κ3) is 4.00. The summed E-state index contributed by atoms with van der Waals surface area (Å²) < 4.78 is 0. The maximum atomic E-state index is 9.35. The van der Waals surface area contributed by atoms with Gasteiger partial charge in [0.05, 0.1) is 0 Å². The molecule has 3 N–H and O–H groups in total. The molecule has 3 heteroatoms. The lowest BCUT2D eigenvalue weighted by Gasteiger charge is -2.03. The maximum Gasteiger partial charge on any atom is 0.116 e. The van der Waals surface area contributed by atoms with Crippen LogP contribution in [0.25, 0.3) is 0 Å². The van der Waals surface area contributed by atoms with Crippen LogP contribution in [0.2, 0.25) is 0 Å². The number of thioether (sulfide) groups is 1. The van der Waals surface area contributed by atoms with E-state index in [4.69, 9.17) is 5.73 Å². The Morgan fingerprint density at radius 3 is 2.56 bits per heavy atom. The number of nitrogens with two attached hydrogens (primary N) is 1. The molecular formula is C15H17NOS. The van der Waals surface area contributed by atoms with Gasteiger partial charge in [0.15, 0.2) is 0 Å². The molecule has 0 aliphatic rings. The highest BCUT2D eigenvalue weighted by Crippen LogP contribution is 2.23. The first-order chi connectivity index (χ1) is 8.74. The number of aromatic hydroxyl groups is 1. The van der Waals surface area contributed by atoms with E-state index in [0.717, 1.165) is 29.2 Å². The molecule has 0 saturated heterocycles. The van der Waals surface area contributed by atoms with Crippen molar-refractivity contribution in [2.75, 3.05) is 11.5 Å². The van der Waals surface area contributed by atoms with E-state index in [1.807, 2.05) is 24.3 Å². The van der Waals surface area contributed by atoms with E-state index in [1.54, 1.807) is 23.9 Å². The zero-order chi connectivity index (χ0) is 12.8. The van der Waals surface area contributed by atoms with Gasteiger partial charge in [0, 0.05) is 10.6 Å². The summed E-state index contributed by atoms with van der Waals surface area (Å²) in [4.78, 5) is 1.12. The van der Waals surface area contributed by atoms with Crippen molar-refractivity contribution in [2.24, 2.45) is 0 Å². The van der Waals surface area contributed by atoms with Crippen LogP contribution in [0.1, 0.15) is 12.0 Å². The highest BCUT2D eigenvalue weighted by molar-refractivity contribution is 7.99. The number of hydrogen-bond donors (Lipinski definition) is 2. The molecule has 0 fully saturated rings. The van der Waals surface area contributed by atoms with Crippen molar-refractivity contribution >= 4 is 17.4 Å². The first kappa shape index (κ1) is 12.8. The van der Waals surface area contributed by atoms with Gasteiger partial charge in [-0.25, -0.2) is 0 Å². The van der Waals surface area contributed by atoms with Gasteiger partial charge in [-0.1, -0.05) is 18.2 Å². The lowest BCUT2D eigenvalue weighted by Crippen LogP contribution is -1.89. The maximum absolute atomic E-state index is 9.35. The van der Waals surface area contributed by atoms with Crippen molar-refractivity contribution in [1.82, 2.24) is 0 Å². The van der Waals surface area contributed by atoms with Crippen LogP contribution in [-0.4, -0.2) is 10.9 Å². The molecule has 0 aliphatic carbocycles. The van der Waals surface area contributed by atoms with E-state index in [0.29, 0.717) is 5.75 Å². The summed E-state index contributed by atoms with van der Waals surface area (Å²) in [5.41, 5.74) is 7.78. The molecule has 2 rings (SSSR count). The van der Waals surface area contributed by atoms with Crippen LogP contribution >= 0.6 is 11.8 Å². The molecule has 0 unspecified atom stereocenters. The number of benzene rings is 2. The quantitative estimate of drug-likeness (QED) is 0.489. The fraction of sp³-hybridized carbons (Fsp3) is 0.200. The van der Waals surface area contributed by atoms with Gasteiger partial charge >= 0.3 is 0 Å². The smallest absolute Gasteiger partial charge is 0.116 e. The summed E-state index contributed by atoms with van der Waals surface area (Å²) in [6, 6.07) is 15.4.